The van der Waals surface area contributed by atoms with Gasteiger partial charge in [0.1, 0.15) is 0 Å². The van der Waals surface area contributed by atoms with Gasteiger partial charge < -0.3 is 15.2 Å². The first-order valence-corrected chi connectivity index (χ1v) is 3.93. The first-order chi connectivity index (χ1) is 5.57. The molecule has 0 aliphatic carbocycles. The Labute approximate surface area is 72.0 Å². The van der Waals surface area contributed by atoms with E-state index in [1.54, 1.807) is 0 Å². The molecule has 5 heteroatoms. The smallest absolute Gasteiger partial charge is 0.323 e. The van der Waals surface area contributed by atoms with E-state index in [4.69, 9.17) is 5.11 Å². The van der Waals surface area contributed by atoms with Crippen molar-refractivity contribution in [2.45, 2.75) is 32.7 Å². The maximum Gasteiger partial charge on any atom is 0.323 e. The fourth-order valence-electron chi connectivity index (χ4n) is 0.829. The third-order valence-corrected chi connectivity index (χ3v) is 1.56. The van der Waals surface area contributed by atoms with Crippen LogP contribution in [-0.4, -0.2) is 23.5 Å². The summed E-state index contributed by atoms with van der Waals surface area (Å²) in [6, 6.07) is -0.787. The summed E-state index contributed by atoms with van der Waals surface area (Å²) in [6.07, 6.45) is 2.64. The molecule has 0 rings (SSSR count). The normalized spacial score (nSPS) is 11.6. The fourth-order valence-corrected chi connectivity index (χ4v) is 0.829. The molecule has 0 fully saturated rings. The van der Waals surface area contributed by atoms with E-state index >= 15 is 0 Å². The Morgan fingerprint density at radius 2 is 2.00 bits per heavy atom. The minimum Gasteiger partial charge on any atom is -0.520 e. The molecule has 4 nitrogen and oxygen atoms in total. The maximum absolute atomic E-state index is 10.5. The molecule has 82 valence electrons. The summed E-state index contributed by atoms with van der Waals surface area (Å²) >= 11 is 0. The van der Waals surface area contributed by atoms with E-state index in [0.717, 1.165) is 6.42 Å². The van der Waals surface area contributed by atoms with Crippen LogP contribution < -0.4 is 5.32 Å². The van der Waals surface area contributed by atoms with Crippen LogP contribution in [0.4, 0.5) is 0 Å². The number of hydrogen-bond donors (Lipinski definition) is 2. The zero-order valence-corrected chi connectivity index (χ0v) is 10.0. The van der Waals surface area contributed by atoms with Gasteiger partial charge in [0.2, 0.25) is 0 Å². The molecule has 0 bridgehead atoms. The predicted octanol–water partition coefficient (Wildman–Crippen LogP) is 0.533. The van der Waals surface area contributed by atoms with Crippen LogP contribution in [0.1, 0.15) is 26.7 Å². The van der Waals surface area contributed by atoms with Crippen molar-refractivity contribution in [1.29, 1.82) is 0 Å². The molecule has 0 aliphatic rings. The first kappa shape index (κ1) is 13.5. The van der Waals surface area contributed by atoms with Gasteiger partial charge in [-0.3, -0.25) is 4.79 Å². The summed E-state index contributed by atoms with van der Waals surface area (Å²) in [5, 5.41) is 10.7. The Morgan fingerprint density at radius 1 is 1.46 bits per heavy atom. The number of rotatable bonds is 6. The van der Waals surface area contributed by atoms with E-state index in [0.29, 0.717) is 12.3 Å². The largest absolute Gasteiger partial charge is 0.520 e. The van der Waals surface area contributed by atoms with E-state index in [2.05, 4.69) is 5.32 Å². The summed E-state index contributed by atoms with van der Waals surface area (Å²) in [6.45, 7) is 4.01. The zero-order chi connectivity index (χ0) is 9.56. The van der Waals surface area contributed by atoms with Crippen molar-refractivity contribution in [1.82, 2.24) is 5.32 Å². The summed E-state index contributed by atoms with van der Waals surface area (Å²) in [4.78, 5) is 20.3. The number of amides is 1. The third kappa shape index (κ3) is 6.34. The second-order valence-corrected chi connectivity index (χ2v) is 3.11. The molecule has 0 saturated heterocycles. The SMILES string of the molecule is CC(C)CC[C@H](N[C-]=O)C(=O)O.[Fm]. The van der Waals surface area contributed by atoms with Crippen molar-refractivity contribution in [3.05, 3.63) is 0 Å². The quantitative estimate of drug-likeness (QED) is 0.479. The fraction of sp³-hybridized carbons (Fsp3) is 0.750. The molecular formula is C8H14FmNO3-. The van der Waals surface area contributed by atoms with Gasteiger partial charge in [-0.05, 0) is 18.8 Å². The number of carboxylic acids is 1. The Kier molecular flexibility index (Phi) is 6.91. The Morgan fingerprint density at radius 3 is 2.31 bits per heavy atom. The predicted molar refractivity (Wildman–Crippen MR) is 44.3 cm³/mol. The Bertz CT molecular complexity index is 161. The molecule has 0 aromatic rings. The van der Waals surface area contributed by atoms with Crippen molar-refractivity contribution < 1.29 is 14.7 Å². The van der Waals surface area contributed by atoms with Crippen molar-refractivity contribution in [2.75, 3.05) is 0 Å². The molecule has 0 heterocycles. The van der Waals surface area contributed by atoms with Crippen LogP contribution in [0.5, 0.6) is 0 Å². The average Bonchev–Trinajstić information content (AvgIpc) is 1.96. The van der Waals surface area contributed by atoms with Gasteiger partial charge in [0.25, 0.3) is 0 Å². The van der Waals surface area contributed by atoms with Gasteiger partial charge in [0, 0.05) is 0 Å². The molecule has 13 heavy (non-hydrogen) atoms. The molecular weight excluding hydrogens is 415 g/mol. The Hall–Kier alpha value is -2.06. The average molecular weight is 429 g/mol. The molecule has 0 unspecified atom stereocenters. The summed E-state index contributed by atoms with van der Waals surface area (Å²) < 4.78 is 0. The zero-order valence-electron chi connectivity index (χ0n) is 7.62. The van der Waals surface area contributed by atoms with Crippen LogP contribution in [0.2, 0.25) is 0 Å². The van der Waals surface area contributed by atoms with E-state index in [1.165, 1.54) is 6.41 Å². The van der Waals surface area contributed by atoms with E-state index in [-0.39, 0.29) is 0 Å². The standard InChI is InChI=1S/C8H14NO3.Fm/c1-6(2)3-4-7(8(11)12)9-5-10;/h6-7H,3-4H2,1-2H3,(H,9,10)(H,11,12);/q-1;/t7-;/m0./s1. The van der Waals surface area contributed by atoms with Crippen LogP contribution >= 0.6 is 0 Å². The number of aliphatic carboxylic acids is 1. The van der Waals surface area contributed by atoms with E-state index in [1.807, 2.05) is 13.8 Å². The first-order valence-electron chi connectivity index (χ1n) is 3.93. The third-order valence-electron chi connectivity index (χ3n) is 1.56. The molecule has 0 radical (unpaired) electrons. The number of carboxylic acid groups (broad SMARTS) is 1. The Balaban J connectivity index is 0. The van der Waals surface area contributed by atoms with Gasteiger partial charge in [-0.25, -0.2) is 0 Å². The van der Waals surface area contributed by atoms with Gasteiger partial charge >= 0.3 is 5.97 Å². The van der Waals surface area contributed by atoms with Gasteiger partial charge in [0.15, 0.2) is 0 Å². The number of carbonyl (C=O) groups excluding carboxylic acids is 1. The monoisotopic (exact) mass is 429 g/mol. The van der Waals surface area contributed by atoms with Crippen LogP contribution in [0.25, 0.3) is 0 Å². The molecule has 0 aromatic carbocycles. The van der Waals surface area contributed by atoms with Crippen molar-refractivity contribution in [3.63, 3.8) is 0 Å². The van der Waals surface area contributed by atoms with Gasteiger partial charge in [-0.15, -0.1) is 0 Å². The molecule has 0 aromatic heterocycles. The van der Waals surface area contributed by atoms with Gasteiger partial charge in [-0.1, -0.05) is 13.8 Å². The van der Waals surface area contributed by atoms with E-state index in [9.17, 15) is 9.59 Å². The maximum atomic E-state index is 10.5. The van der Waals surface area contributed by atoms with Crippen LogP contribution in [0, 0.1) is 5.92 Å². The minimum absolute atomic E-state index is 0. The number of nitrogens with one attached hydrogen (secondary N) is 1. The number of carbonyl (C=O) groups is 1. The molecule has 1 atom stereocenters. The second kappa shape index (κ2) is 6.64. The molecule has 2 N–H and O–H groups in total. The minimum atomic E-state index is -1.00. The summed E-state index contributed by atoms with van der Waals surface area (Å²) in [7, 11) is 0. The van der Waals surface area contributed by atoms with Crippen LogP contribution in [0.3, 0.4) is 0 Å². The van der Waals surface area contributed by atoms with Crippen molar-refractivity contribution in [3.8, 4) is 0 Å². The second-order valence-electron chi connectivity index (χ2n) is 3.11. The van der Waals surface area contributed by atoms with Crippen molar-refractivity contribution in [2.24, 2.45) is 5.92 Å². The van der Waals surface area contributed by atoms with E-state index < -0.39 is 12.0 Å². The van der Waals surface area contributed by atoms with Crippen LogP contribution in [0.15, 0.2) is 0 Å². The van der Waals surface area contributed by atoms with Crippen molar-refractivity contribution >= 4 is 12.4 Å². The molecule has 1 amide bonds. The molecule has 0 spiro atoms. The molecule has 0 aliphatic heterocycles. The topological polar surface area (TPSA) is 66.4 Å². The summed E-state index contributed by atoms with van der Waals surface area (Å²) in [5.74, 6) is -0.556. The van der Waals surface area contributed by atoms with Gasteiger partial charge in [0.05, 0.1) is 6.04 Å². The van der Waals surface area contributed by atoms with Gasteiger partial charge in [-0.2, -0.15) is 6.41 Å². The summed E-state index contributed by atoms with van der Waals surface area (Å²) in [5.41, 5.74) is 0. The molecule has 0 saturated carbocycles. The number of hydrogen-bond acceptors (Lipinski definition) is 2. The van der Waals surface area contributed by atoms with Crippen LogP contribution in [-0.2, 0) is 9.59 Å².